The number of carbonyl (C=O) groups excluding carboxylic acids is 1. The number of nitrogens with zero attached hydrogens (tertiary/aromatic N) is 3. The van der Waals surface area contributed by atoms with Crippen molar-refractivity contribution < 1.29 is 4.79 Å². The van der Waals surface area contributed by atoms with E-state index in [1.807, 2.05) is 11.4 Å². The van der Waals surface area contributed by atoms with Crippen molar-refractivity contribution in [3.05, 3.63) is 51.5 Å². The van der Waals surface area contributed by atoms with E-state index < -0.39 is 6.04 Å². The predicted octanol–water partition coefficient (Wildman–Crippen LogP) is 3.24. The molecule has 7 heteroatoms. The monoisotopic (exact) mass is 354 g/mol. The lowest BCUT2D eigenvalue weighted by atomic mass is 10.2. The molecule has 0 aliphatic heterocycles. The van der Waals surface area contributed by atoms with Gasteiger partial charge in [-0.3, -0.25) is 14.2 Å². The van der Waals surface area contributed by atoms with Crippen LogP contribution in [0.3, 0.4) is 0 Å². The van der Waals surface area contributed by atoms with Gasteiger partial charge in [-0.25, -0.2) is 9.97 Å². The maximum absolute atomic E-state index is 12.8. The highest BCUT2D eigenvalue weighted by Gasteiger charge is 2.27. The van der Waals surface area contributed by atoms with E-state index in [0.717, 1.165) is 5.69 Å². The van der Waals surface area contributed by atoms with Crippen LogP contribution in [-0.4, -0.2) is 20.4 Å². The number of para-hydroxylation sites is 1. The maximum atomic E-state index is 12.8. The molecular weight excluding hydrogens is 336 g/mol. The molecule has 3 aromatic rings. The highest BCUT2D eigenvalue weighted by molar-refractivity contribution is 7.13. The zero-order valence-corrected chi connectivity index (χ0v) is 14.8. The van der Waals surface area contributed by atoms with Gasteiger partial charge in [-0.05, 0) is 38.8 Å². The van der Waals surface area contributed by atoms with Gasteiger partial charge in [-0.15, -0.1) is 11.3 Å². The number of nitrogens with one attached hydrogen (secondary N) is 1. The van der Waals surface area contributed by atoms with E-state index in [1.54, 1.807) is 32.0 Å². The van der Waals surface area contributed by atoms with Crippen molar-refractivity contribution in [3.8, 4) is 0 Å². The van der Waals surface area contributed by atoms with E-state index in [9.17, 15) is 9.59 Å². The molecule has 2 aromatic heterocycles. The molecule has 25 heavy (non-hydrogen) atoms. The molecule has 1 aliphatic rings. The molecule has 0 radical (unpaired) electrons. The van der Waals surface area contributed by atoms with Crippen molar-refractivity contribution in [1.82, 2.24) is 14.5 Å². The van der Waals surface area contributed by atoms with Gasteiger partial charge >= 0.3 is 0 Å². The van der Waals surface area contributed by atoms with E-state index in [1.165, 1.54) is 28.7 Å². The summed E-state index contributed by atoms with van der Waals surface area (Å²) in [6.45, 7) is 3.45. The molecule has 1 atom stereocenters. The Bertz CT molecular complexity index is 1020. The molecule has 0 bridgehead atoms. The summed E-state index contributed by atoms with van der Waals surface area (Å²) in [5.41, 5.74) is 1.49. The second-order valence-electron chi connectivity index (χ2n) is 6.37. The average Bonchev–Trinajstić information content (AvgIpc) is 3.34. The minimum absolute atomic E-state index is 0.205. The van der Waals surface area contributed by atoms with E-state index >= 15 is 0 Å². The van der Waals surface area contributed by atoms with Crippen LogP contribution >= 0.6 is 11.3 Å². The van der Waals surface area contributed by atoms with Crippen molar-refractivity contribution in [2.24, 2.45) is 0 Å². The third-order valence-electron chi connectivity index (χ3n) is 4.50. The van der Waals surface area contributed by atoms with E-state index in [4.69, 9.17) is 0 Å². The number of benzene rings is 1. The Morgan fingerprint density at radius 3 is 2.84 bits per heavy atom. The van der Waals surface area contributed by atoms with Crippen LogP contribution in [0.25, 0.3) is 10.9 Å². The number of amides is 1. The Kier molecular flexibility index (Phi) is 3.88. The minimum Gasteiger partial charge on any atom is -0.300 e. The number of thiazole rings is 1. The Labute approximate surface area is 148 Å². The predicted molar refractivity (Wildman–Crippen MR) is 98.2 cm³/mol. The van der Waals surface area contributed by atoms with E-state index in [-0.39, 0.29) is 11.5 Å². The van der Waals surface area contributed by atoms with Crippen molar-refractivity contribution >= 4 is 33.3 Å². The van der Waals surface area contributed by atoms with Gasteiger partial charge in [0, 0.05) is 11.3 Å². The lowest BCUT2D eigenvalue weighted by molar-refractivity contribution is -0.118. The second-order valence-corrected chi connectivity index (χ2v) is 7.23. The summed E-state index contributed by atoms with van der Waals surface area (Å²) in [4.78, 5) is 34.3. The summed E-state index contributed by atoms with van der Waals surface area (Å²) in [5.74, 6) is 0.803. The Balaban J connectivity index is 1.63. The number of carbonyl (C=O) groups is 1. The third kappa shape index (κ3) is 2.95. The SMILES string of the molecule is Cc1nc2ccccc2c(=O)n1C(C)C(=O)Nc1nc(C2CC2)cs1. The smallest absolute Gasteiger partial charge is 0.262 e. The van der Waals surface area contributed by atoms with Crippen molar-refractivity contribution in [2.45, 2.75) is 38.6 Å². The lowest BCUT2D eigenvalue weighted by Crippen LogP contribution is -2.33. The highest BCUT2D eigenvalue weighted by Crippen LogP contribution is 2.40. The van der Waals surface area contributed by atoms with Crippen LogP contribution in [0.1, 0.15) is 43.2 Å². The molecule has 0 saturated heterocycles. The third-order valence-corrected chi connectivity index (χ3v) is 5.27. The average molecular weight is 354 g/mol. The quantitative estimate of drug-likeness (QED) is 0.780. The minimum atomic E-state index is -0.669. The molecule has 1 saturated carbocycles. The molecule has 4 rings (SSSR count). The maximum Gasteiger partial charge on any atom is 0.262 e. The van der Waals surface area contributed by atoms with Gasteiger partial charge in [0.2, 0.25) is 5.91 Å². The Morgan fingerprint density at radius 2 is 2.08 bits per heavy atom. The normalized spacial score (nSPS) is 15.3. The summed E-state index contributed by atoms with van der Waals surface area (Å²) in [5, 5.41) is 5.91. The fourth-order valence-electron chi connectivity index (χ4n) is 2.95. The fourth-order valence-corrected chi connectivity index (χ4v) is 3.75. The number of rotatable bonds is 4. The summed E-state index contributed by atoms with van der Waals surface area (Å²) in [7, 11) is 0. The number of hydrogen-bond donors (Lipinski definition) is 1. The van der Waals surface area contributed by atoms with Gasteiger partial charge in [0.25, 0.3) is 5.56 Å². The molecule has 1 N–H and O–H groups in total. The summed E-state index contributed by atoms with van der Waals surface area (Å²) in [6, 6.07) is 6.50. The number of fused-ring (bicyclic) bond motifs is 1. The van der Waals surface area contributed by atoms with Gasteiger partial charge in [0.05, 0.1) is 16.6 Å². The van der Waals surface area contributed by atoms with Crippen LogP contribution < -0.4 is 10.9 Å². The highest BCUT2D eigenvalue weighted by atomic mass is 32.1. The first-order valence-corrected chi connectivity index (χ1v) is 9.16. The first kappa shape index (κ1) is 16.0. The molecule has 128 valence electrons. The molecular formula is C18H18N4O2S. The summed E-state index contributed by atoms with van der Waals surface area (Å²) >= 11 is 1.42. The lowest BCUT2D eigenvalue weighted by Gasteiger charge is -2.17. The molecule has 1 aliphatic carbocycles. The van der Waals surface area contributed by atoms with Gasteiger partial charge < -0.3 is 5.32 Å². The zero-order chi connectivity index (χ0) is 17.6. The summed E-state index contributed by atoms with van der Waals surface area (Å²) in [6.07, 6.45) is 2.34. The van der Waals surface area contributed by atoms with Crippen molar-refractivity contribution in [3.63, 3.8) is 0 Å². The van der Waals surface area contributed by atoms with Gasteiger partial charge in [0.15, 0.2) is 5.13 Å². The molecule has 2 heterocycles. The van der Waals surface area contributed by atoms with Crippen LogP contribution in [0.15, 0.2) is 34.4 Å². The first-order valence-electron chi connectivity index (χ1n) is 8.29. The van der Waals surface area contributed by atoms with Crippen LogP contribution in [0, 0.1) is 6.92 Å². The van der Waals surface area contributed by atoms with Crippen molar-refractivity contribution in [1.29, 1.82) is 0 Å². The molecule has 1 fully saturated rings. The first-order chi connectivity index (χ1) is 12.0. The fraction of sp³-hybridized carbons (Fsp3) is 0.333. The van der Waals surface area contributed by atoms with Crippen LogP contribution in [0.4, 0.5) is 5.13 Å². The van der Waals surface area contributed by atoms with E-state index in [0.29, 0.717) is 27.8 Å². The topological polar surface area (TPSA) is 76.9 Å². The Morgan fingerprint density at radius 1 is 1.32 bits per heavy atom. The summed E-state index contributed by atoms with van der Waals surface area (Å²) < 4.78 is 1.44. The van der Waals surface area contributed by atoms with E-state index in [2.05, 4.69) is 15.3 Å². The van der Waals surface area contributed by atoms with Crippen LogP contribution in [0.2, 0.25) is 0 Å². The number of anilines is 1. The molecule has 1 amide bonds. The molecule has 1 aromatic carbocycles. The molecule has 0 spiro atoms. The van der Waals surface area contributed by atoms with Gasteiger partial charge in [-0.2, -0.15) is 0 Å². The number of aromatic nitrogens is 3. The zero-order valence-electron chi connectivity index (χ0n) is 14.0. The number of hydrogen-bond acceptors (Lipinski definition) is 5. The Hall–Kier alpha value is -2.54. The largest absolute Gasteiger partial charge is 0.300 e. The second kappa shape index (κ2) is 6.07. The van der Waals surface area contributed by atoms with Gasteiger partial charge in [-0.1, -0.05) is 12.1 Å². The van der Waals surface area contributed by atoms with Crippen LogP contribution in [0.5, 0.6) is 0 Å². The molecule has 6 nitrogen and oxygen atoms in total. The van der Waals surface area contributed by atoms with Crippen LogP contribution in [-0.2, 0) is 4.79 Å². The van der Waals surface area contributed by atoms with Gasteiger partial charge in [0.1, 0.15) is 11.9 Å². The molecule has 1 unspecified atom stereocenters. The standard InChI is InChI=1S/C18H18N4O2S/c1-10(16(23)21-18-20-15(9-25-18)12-7-8-12)22-11(2)19-14-6-4-3-5-13(14)17(22)24/h3-6,9-10,12H,7-8H2,1-2H3,(H,20,21,23). The number of aryl methyl sites for hydroxylation is 1. The van der Waals surface area contributed by atoms with Crippen molar-refractivity contribution in [2.75, 3.05) is 5.32 Å².